The van der Waals surface area contributed by atoms with Crippen LogP contribution in [0.25, 0.3) is 0 Å². The number of hydrogen-bond donors (Lipinski definition) is 0. The van der Waals surface area contributed by atoms with E-state index in [1.54, 1.807) is 0 Å². The molecule has 4 heteroatoms. The van der Waals surface area contributed by atoms with Gasteiger partial charge in [0.05, 0.1) is 13.5 Å². The fourth-order valence-corrected chi connectivity index (χ4v) is 6.13. The third-order valence-electron chi connectivity index (χ3n) is 5.74. The van der Waals surface area contributed by atoms with Gasteiger partial charge in [-0.05, 0) is 55.3 Å². The molecule has 0 N–H and O–H groups in total. The maximum atomic E-state index is 12.3. The largest absolute Gasteiger partial charge is 0.466 e. The molecule has 0 aromatic carbocycles. The molecule has 4 nitrogen and oxygen atoms in total. The van der Waals surface area contributed by atoms with Crippen molar-refractivity contribution >= 4 is 11.9 Å². The number of esters is 2. The van der Waals surface area contributed by atoms with Crippen molar-refractivity contribution in [1.29, 1.82) is 0 Å². The van der Waals surface area contributed by atoms with E-state index in [4.69, 9.17) is 4.74 Å². The van der Waals surface area contributed by atoms with E-state index in [0.29, 0.717) is 16.7 Å². The van der Waals surface area contributed by atoms with Gasteiger partial charge in [-0.25, -0.2) is 4.79 Å². The van der Waals surface area contributed by atoms with Crippen LogP contribution in [0, 0.1) is 16.7 Å². The van der Waals surface area contributed by atoms with Crippen LogP contribution in [0.2, 0.25) is 0 Å². The number of hydrogen-bond acceptors (Lipinski definition) is 4. The molecule has 0 aromatic rings. The third-order valence-corrected chi connectivity index (χ3v) is 5.74. The number of ether oxygens (including phenoxy) is 2. The summed E-state index contributed by atoms with van der Waals surface area (Å²) in [5, 5.41) is 0. The first-order chi connectivity index (χ1) is 10.2. The highest BCUT2D eigenvalue weighted by atomic mass is 16.6. The molecule has 0 heterocycles. The van der Waals surface area contributed by atoms with E-state index >= 15 is 0 Å². The van der Waals surface area contributed by atoms with Crippen molar-refractivity contribution in [3.63, 3.8) is 0 Å². The monoisotopic (exact) mass is 306 g/mol. The molecule has 4 bridgehead atoms. The van der Waals surface area contributed by atoms with Crippen molar-refractivity contribution in [2.75, 3.05) is 7.11 Å². The van der Waals surface area contributed by atoms with Crippen molar-refractivity contribution < 1.29 is 19.1 Å². The molecule has 0 saturated heterocycles. The average Bonchev–Trinajstić information content (AvgIpc) is 2.31. The van der Waals surface area contributed by atoms with Gasteiger partial charge in [0.1, 0.15) is 5.60 Å². The molecule has 2 unspecified atom stereocenters. The predicted octanol–water partition coefficient (Wildman–Crippen LogP) is 3.40. The van der Waals surface area contributed by atoms with Crippen molar-refractivity contribution in [3.05, 3.63) is 12.2 Å². The summed E-state index contributed by atoms with van der Waals surface area (Å²) in [7, 11) is 1.29. The summed E-state index contributed by atoms with van der Waals surface area (Å²) in [4.78, 5) is 23.7. The SMILES string of the molecule is C=C(CC(=O)OC12CC3C[C@@](C)(C1)C[C@](C)(C3)C2)C(=O)OC. The van der Waals surface area contributed by atoms with E-state index in [1.165, 1.54) is 26.4 Å². The van der Waals surface area contributed by atoms with Gasteiger partial charge in [-0.2, -0.15) is 0 Å². The van der Waals surface area contributed by atoms with Crippen LogP contribution in [0.5, 0.6) is 0 Å². The lowest BCUT2D eigenvalue weighted by atomic mass is 9.43. The number of methoxy groups -OCH3 is 1. The molecule has 0 spiro atoms. The molecular formula is C18H26O4. The Labute approximate surface area is 132 Å². The minimum atomic E-state index is -0.540. The van der Waals surface area contributed by atoms with Crippen molar-refractivity contribution in [2.45, 2.75) is 64.4 Å². The van der Waals surface area contributed by atoms with Crippen LogP contribution in [-0.4, -0.2) is 24.6 Å². The normalized spacial score (nSPS) is 42.0. The summed E-state index contributed by atoms with van der Waals surface area (Å²) >= 11 is 0. The number of carbonyl (C=O) groups is 2. The van der Waals surface area contributed by atoms with Crippen LogP contribution in [0.3, 0.4) is 0 Å². The summed E-state index contributed by atoms with van der Waals surface area (Å²) in [6, 6.07) is 0. The van der Waals surface area contributed by atoms with E-state index < -0.39 is 5.97 Å². The highest BCUT2D eigenvalue weighted by molar-refractivity contribution is 5.93. The Morgan fingerprint density at radius 3 is 2.18 bits per heavy atom. The summed E-state index contributed by atoms with van der Waals surface area (Å²) < 4.78 is 10.5. The van der Waals surface area contributed by atoms with Crippen molar-refractivity contribution in [2.24, 2.45) is 16.7 Å². The molecule has 0 aromatic heterocycles. The number of rotatable bonds is 4. The highest BCUT2D eigenvalue weighted by Gasteiger charge is 2.61. The van der Waals surface area contributed by atoms with Crippen LogP contribution in [0.15, 0.2) is 12.2 Å². The molecule has 4 aliphatic rings. The van der Waals surface area contributed by atoms with Gasteiger partial charge in [0, 0.05) is 5.57 Å². The molecule has 22 heavy (non-hydrogen) atoms. The summed E-state index contributed by atoms with van der Waals surface area (Å²) in [6.45, 7) is 8.29. The minimum Gasteiger partial charge on any atom is -0.466 e. The third kappa shape index (κ3) is 2.68. The summed E-state index contributed by atoms with van der Waals surface area (Å²) in [6.07, 6.45) is 6.59. The molecular weight excluding hydrogens is 280 g/mol. The molecule has 4 saturated carbocycles. The van der Waals surface area contributed by atoms with E-state index in [0.717, 1.165) is 19.3 Å². The summed E-state index contributed by atoms with van der Waals surface area (Å²) in [5.41, 5.74) is 0.438. The molecule has 4 fully saturated rings. The fraction of sp³-hybridized carbons (Fsp3) is 0.778. The first kappa shape index (κ1) is 15.6. The van der Waals surface area contributed by atoms with E-state index in [1.807, 2.05) is 0 Å². The zero-order valence-corrected chi connectivity index (χ0v) is 13.9. The Hall–Kier alpha value is -1.32. The topological polar surface area (TPSA) is 52.6 Å². The Morgan fingerprint density at radius 2 is 1.68 bits per heavy atom. The lowest BCUT2D eigenvalue weighted by Crippen LogP contribution is -2.60. The van der Waals surface area contributed by atoms with E-state index in [2.05, 4.69) is 25.2 Å². The highest BCUT2D eigenvalue weighted by Crippen LogP contribution is 2.67. The van der Waals surface area contributed by atoms with Gasteiger partial charge >= 0.3 is 11.9 Å². The molecule has 4 atom stereocenters. The van der Waals surface area contributed by atoms with Gasteiger partial charge in [-0.1, -0.05) is 20.4 Å². The lowest BCUT2D eigenvalue weighted by Gasteiger charge is -2.64. The predicted molar refractivity (Wildman–Crippen MR) is 82.0 cm³/mol. The molecule has 0 radical (unpaired) electrons. The molecule has 4 rings (SSSR count). The minimum absolute atomic E-state index is 0.0769. The van der Waals surface area contributed by atoms with Gasteiger partial charge in [0.25, 0.3) is 0 Å². The van der Waals surface area contributed by atoms with Gasteiger partial charge < -0.3 is 9.47 Å². The average molecular weight is 306 g/mol. The van der Waals surface area contributed by atoms with Crippen molar-refractivity contribution in [3.8, 4) is 0 Å². The van der Waals surface area contributed by atoms with E-state index in [-0.39, 0.29) is 23.6 Å². The fourth-order valence-electron chi connectivity index (χ4n) is 6.13. The Bertz CT molecular complexity index is 517. The maximum absolute atomic E-state index is 12.3. The first-order valence-corrected chi connectivity index (χ1v) is 8.15. The van der Waals surface area contributed by atoms with E-state index in [9.17, 15) is 9.59 Å². The second-order valence-electron chi connectivity index (χ2n) is 8.56. The first-order valence-electron chi connectivity index (χ1n) is 8.15. The molecule has 122 valence electrons. The Kier molecular flexibility index (Phi) is 3.42. The van der Waals surface area contributed by atoms with Crippen molar-refractivity contribution in [1.82, 2.24) is 0 Å². The molecule has 0 aliphatic heterocycles. The second kappa shape index (κ2) is 4.84. The Morgan fingerprint density at radius 1 is 1.09 bits per heavy atom. The van der Waals surface area contributed by atoms with Gasteiger partial charge in [-0.3, -0.25) is 4.79 Å². The van der Waals surface area contributed by atoms with Gasteiger partial charge in [-0.15, -0.1) is 0 Å². The van der Waals surface area contributed by atoms with Crippen LogP contribution in [0.1, 0.15) is 58.8 Å². The number of carbonyl (C=O) groups excluding carboxylic acids is 2. The zero-order chi connectivity index (χ0) is 16.2. The van der Waals surface area contributed by atoms with Crippen LogP contribution >= 0.6 is 0 Å². The quantitative estimate of drug-likeness (QED) is 0.590. The van der Waals surface area contributed by atoms with Gasteiger partial charge in [0.2, 0.25) is 0 Å². The molecule has 0 amide bonds. The van der Waals surface area contributed by atoms with Crippen LogP contribution in [-0.2, 0) is 19.1 Å². The zero-order valence-electron chi connectivity index (χ0n) is 13.9. The molecule has 4 aliphatic carbocycles. The van der Waals surface area contributed by atoms with Crippen LogP contribution < -0.4 is 0 Å². The maximum Gasteiger partial charge on any atom is 0.333 e. The summed E-state index contributed by atoms with van der Waals surface area (Å²) in [5.74, 6) is -0.214. The Balaban J connectivity index is 1.71. The van der Waals surface area contributed by atoms with Crippen LogP contribution in [0.4, 0.5) is 0 Å². The standard InChI is InChI=1S/C18H26O4/c1-12(15(20)21-4)5-14(19)22-18-8-13-6-16(2,10-18)9-17(3,7-13)11-18/h13H,1,5-11H2,2-4H3/t13?,16-,17+,18?. The lowest BCUT2D eigenvalue weighted by molar-refractivity contribution is -0.215. The second-order valence-corrected chi connectivity index (χ2v) is 8.56. The van der Waals surface area contributed by atoms with Gasteiger partial charge in [0.15, 0.2) is 0 Å². The smallest absolute Gasteiger partial charge is 0.333 e.